The number of benzene rings is 3. The second-order valence-electron chi connectivity index (χ2n) is 6.21. The van der Waals surface area contributed by atoms with Crippen LogP contribution in [0.1, 0.15) is 15.9 Å². The number of hydrogen-bond acceptors (Lipinski definition) is 2. The molecule has 3 aromatic rings. The van der Waals surface area contributed by atoms with Gasteiger partial charge in [0, 0.05) is 0 Å². The number of carbonyl (C=O) groups excluding carboxylic acids is 2. The van der Waals surface area contributed by atoms with Crippen molar-refractivity contribution < 1.29 is 22.8 Å². The summed E-state index contributed by atoms with van der Waals surface area (Å²) in [6.45, 7) is -1.44. The highest BCUT2D eigenvalue weighted by molar-refractivity contribution is 6.04. The Morgan fingerprint density at radius 1 is 0.857 bits per heavy atom. The van der Waals surface area contributed by atoms with E-state index >= 15 is 0 Å². The molecule has 0 heterocycles. The Labute approximate surface area is 159 Å². The minimum Gasteiger partial charge on any atom is -0.343 e. The monoisotopic (exact) mass is 386 g/mol. The van der Waals surface area contributed by atoms with Crippen molar-refractivity contribution in [3.8, 4) is 0 Å². The Bertz CT molecular complexity index is 1010. The zero-order chi connectivity index (χ0) is 20.1. The highest BCUT2D eigenvalue weighted by Crippen LogP contribution is 2.21. The molecule has 7 heteroatoms. The molecule has 2 N–H and O–H groups in total. The smallest absolute Gasteiger partial charge is 0.343 e. The van der Waals surface area contributed by atoms with Gasteiger partial charge in [-0.3, -0.25) is 9.59 Å². The van der Waals surface area contributed by atoms with Crippen molar-refractivity contribution in [3.63, 3.8) is 0 Å². The predicted molar refractivity (Wildman–Crippen MR) is 101 cm³/mol. The van der Waals surface area contributed by atoms with Crippen molar-refractivity contribution in [1.82, 2.24) is 5.32 Å². The summed E-state index contributed by atoms with van der Waals surface area (Å²) in [5.41, 5.74) is 0.944. The van der Waals surface area contributed by atoms with Gasteiger partial charge in [-0.2, -0.15) is 13.2 Å². The molecule has 0 unspecified atom stereocenters. The molecule has 3 rings (SSSR count). The molecule has 2 amide bonds. The molecule has 144 valence electrons. The molecule has 0 bridgehead atoms. The van der Waals surface area contributed by atoms with Crippen LogP contribution in [0.4, 0.5) is 18.9 Å². The van der Waals surface area contributed by atoms with Crippen LogP contribution in [-0.2, 0) is 11.2 Å². The van der Waals surface area contributed by atoms with Crippen LogP contribution in [0, 0.1) is 0 Å². The lowest BCUT2D eigenvalue weighted by Gasteiger charge is -2.13. The molecule has 0 radical (unpaired) electrons. The largest absolute Gasteiger partial charge is 0.405 e. The Morgan fingerprint density at radius 2 is 1.54 bits per heavy atom. The maximum atomic E-state index is 12.5. The van der Waals surface area contributed by atoms with Crippen LogP contribution in [0.25, 0.3) is 10.8 Å². The van der Waals surface area contributed by atoms with Gasteiger partial charge in [-0.1, -0.05) is 54.6 Å². The standard InChI is InChI=1S/C21H17F3N2O2/c22-21(23,24)13-25-20(28)17-10-3-4-11-18(17)26-19(27)12-15-8-5-7-14-6-1-2-9-16(14)15/h1-11H,12-13H2,(H,25,28)(H,26,27). The first-order valence-electron chi connectivity index (χ1n) is 8.54. The van der Waals surface area contributed by atoms with Gasteiger partial charge in [0.15, 0.2) is 0 Å². The highest BCUT2D eigenvalue weighted by atomic mass is 19.4. The molecule has 28 heavy (non-hydrogen) atoms. The van der Waals surface area contributed by atoms with Crippen molar-refractivity contribution in [2.75, 3.05) is 11.9 Å². The SMILES string of the molecule is O=C(Cc1cccc2ccccc12)Nc1ccccc1C(=O)NCC(F)(F)F. The fraction of sp³-hybridized carbons (Fsp3) is 0.143. The first-order chi connectivity index (χ1) is 13.3. The quantitative estimate of drug-likeness (QED) is 0.686. The minimum atomic E-state index is -4.51. The number of rotatable bonds is 5. The predicted octanol–water partition coefficient (Wildman–Crippen LogP) is 4.31. The Balaban J connectivity index is 1.75. The topological polar surface area (TPSA) is 58.2 Å². The third-order valence-electron chi connectivity index (χ3n) is 4.13. The molecule has 0 aliphatic carbocycles. The first-order valence-corrected chi connectivity index (χ1v) is 8.54. The first kappa shape index (κ1) is 19.4. The van der Waals surface area contributed by atoms with Crippen LogP contribution in [0.2, 0.25) is 0 Å². The van der Waals surface area contributed by atoms with E-state index in [-0.39, 0.29) is 23.6 Å². The van der Waals surface area contributed by atoms with E-state index in [0.717, 1.165) is 16.3 Å². The average Bonchev–Trinajstić information content (AvgIpc) is 2.66. The molecule has 0 saturated heterocycles. The maximum absolute atomic E-state index is 12.5. The lowest BCUT2D eigenvalue weighted by Crippen LogP contribution is -2.34. The third kappa shape index (κ3) is 4.88. The summed E-state index contributed by atoms with van der Waals surface area (Å²) in [4.78, 5) is 24.6. The van der Waals surface area contributed by atoms with Crippen LogP contribution in [0.15, 0.2) is 66.7 Å². The Kier molecular flexibility index (Phi) is 5.63. The molecule has 0 saturated carbocycles. The van der Waals surface area contributed by atoms with Crippen LogP contribution in [0.5, 0.6) is 0 Å². The van der Waals surface area contributed by atoms with E-state index in [1.165, 1.54) is 18.2 Å². The molecule has 0 aliphatic rings. The minimum absolute atomic E-state index is 0.0296. The van der Waals surface area contributed by atoms with E-state index < -0.39 is 18.6 Å². The molecule has 0 aromatic heterocycles. The summed E-state index contributed by atoms with van der Waals surface area (Å²) >= 11 is 0. The van der Waals surface area contributed by atoms with Gasteiger partial charge in [-0.25, -0.2) is 0 Å². The maximum Gasteiger partial charge on any atom is 0.405 e. The lowest BCUT2D eigenvalue weighted by atomic mass is 10.0. The van der Waals surface area contributed by atoms with Crippen molar-refractivity contribution in [2.24, 2.45) is 0 Å². The van der Waals surface area contributed by atoms with Gasteiger partial charge in [-0.15, -0.1) is 0 Å². The van der Waals surface area contributed by atoms with Gasteiger partial charge in [0.05, 0.1) is 17.7 Å². The number of amides is 2. The normalized spacial score (nSPS) is 11.2. The summed E-state index contributed by atoms with van der Waals surface area (Å²) < 4.78 is 37.0. The van der Waals surface area contributed by atoms with Crippen LogP contribution < -0.4 is 10.6 Å². The Hall–Kier alpha value is -3.35. The van der Waals surface area contributed by atoms with Crippen molar-refractivity contribution in [2.45, 2.75) is 12.6 Å². The summed E-state index contributed by atoms with van der Waals surface area (Å²) in [6, 6.07) is 19.2. The number of para-hydroxylation sites is 1. The number of fused-ring (bicyclic) bond motifs is 1. The second kappa shape index (κ2) is 8.12. The Morgan fingerprint density at radius 3 is 2.32 bits per heavy atom. The van der Waals surface area contributed by atoms with Gasteiger partial charge >= 0.3 is 6.18 Å². The van der Waals surface area contributed by atoms with Gasteiger partial charge < -0.3 is 10.6 Å². The lowest BCUT2D eigenvalue weighted by molar-refractivity contribution is -0.123. The molecular formula is C21H17F3N2O2. The number of anilines is 1. The van der Waals surface area contributed by atoms with Crippen LogP contribution >= 0.6 is 0 Å². The van der Waals surface area contributed by atoms with E-state index in [1.54, 1.807) is 6.07 Å². The molecule has 0 aliphatic heterocycles. The number of nitrogens with one attached hydrogen (secondary N) is 2. The highest BCUT2D eigenvalue weighted by Gasteiger charge is 2.28. The zero-order valence-electron chi connectivity index (χ0n) is 14.7. The molecule has 0 spiro atoms. The fourth-order valence-corrected chi connectivity index (χ4v) is 2.88. The number of halogens is 3. The zero-order valence-corrected chi connectivity index (χ0v) is 14.7. The van der Waals surface area contributed by atoms with E-state index in [9.17, 15) is 22.8 Å². The number of alkyl halides is 3. The molecule has 3 aromatic carbocycles. The van der Waals surface area contributed by atoms with E-state index in [0.29, 0.717) is 0 Å². The summed E-state index contributed by atoms with van der Waals surface area (Å²) in [5, 5.41) is 6.37. The van der Waals surface area contributed by atoms with Crippen molar-refractivity contribution in [1.29, 1.82) is 0 Å². The van der Waals surface area contributed by atoms with Crippen LogP contribution in [0.3, 0.4) is 0 Å². The average molecular weight is 386 g/mol. The number of hydrogen-bond donors (Lipinski definition) is 2. The molecular weight excluding hydrogens is 369 g/mol. The van der Waals surface area contributed by atoms with Crippen LogP contribution in [-0.4, -0.2) is 24.5 Å². The number of carbonyl (C=O) groups is 2. The molecule has 0 atom stereocenters. The second-order valence-corrected chi connectivity index (χ2v) is 6.21. The van der Waals surface area contributed by atoms with E-state index in [1.807, 2.05) is 47.8 Å². The summed E-state index contributed by atoms with van der Waals surface area (Å²) in [6.07, 6.45) is -4.44. The van der Waals surface area contributed by atoms with Gasteiger partial charge in [0.1, 0.15) is 6.54 Å². The third-order valence-corrected chi connectivity index (χ3v) is 4.13. The molecule has 0 fully saturated rings. The van der Waals surface area contributed by atoms with Crippen molar-refractivity contribution >= 4 is 28.3 Å². The van der Waals surface area contributed by atoms with Gasteiger partial charge in [0.2, 0.25) is 5.91 Å². The molecule has 4 nitrogen and oxygen atoms in total. The van der Waals surface area contributed by atoms with Gasteiger partial charge in [0.25, 0.3) is 5.91 Å². The summed E-state index contributed by atoms with van der Waals surface area (Å²) in [5.74, 6) is -1.27. The van der Waals surface area contributed by atoms with Crippen molar-refractivity contribution in [3.05, 3.63) is 77.9 Å². The van der Waals surface area contributed by atoms with E-state index in [4.69, 9.17) is 0 Å². The van der Waals surface area contributed by atoms with Gasteiger partial charge in [-0.05, 0) is 28.5 Å². The summed E-state index contributed by atoms with van der Waals surface area (Å²) in [7, 11) is 0. The fourth-order valence-electron chi connectivity index (χ4n) is 2.88. The van der Waals surface area contributed by atoms with E-state index in [2.05, 4.69) is 5.32 Å².